The van der Waals surface area contributed by atoms with Crippen LogP contribution >= 0.6 is 0 Å². The van der Waals surface area contributed by atoms with Crippen molar-refractivity contribution in [3.05, 3.63) is 42.2 Å². The third-order valence-electron chi connectivity index (χ3n) is 6.62. The molecule has 1 N–H and O–H groups in total. The van der Waals surface area contributed by atoms with E-state index in [1.165, 1.54) is 17.7 Å². The fraction of sp³-hybridized carbons (Fsp3) is 0.560. The maximum atomic E-state index is 12.9. The zero-order valence-electron chi connectivity index (χ0n) is 19.5. The van der Waals surface area contributed by atoms with Crippen LogP contribution in [0.5, 0.6) is 0 Å². The van der Waals surface area contributed by atoms with Crippen molar-refractivity contribution in [2.24, 2.45) is 5.92 Å². The summed E-state index contributed by atoms with van der Waals surface area (Å²) >= 11 is 0. The standard InChI is InChI=1S/C25H36N6O/c1-3-26-23-17-24(28-19-27-23)31-11-5-7-21(18-31)9-10-25(32)30-14-12-29(13-15-30)22-8-4-6-20(2)16-22/h4,6,8,16-17,19,21H,3,5,7,9-15,18H2,1-2H3,(H,26,27,28)/t21-/m1/s1. The van der Waals surface area contributed by atoms with Crippen molar-refractivity contribution >= 4 is 23.2 Å². The molecule has 0 unspecified atom stereocenters. The van der Waals surface area contributed by atoms with Crippen molar-refractivity contribution < 1.29 is 4.79 Å². The largest absolute Gasteiger partial charge is 0.370 e. The Balaban J connectivity index is 1.24. The summed E-state index contributed by atoms with van der Waals surface area (Å²) in [6.07, 6.45) is 5.58. The first-order valence-electron chi connectivity index (χ1n) is 12.0. The van der Waals surface area contributed by atoms with E-state index in [-0.39, 0.29) is 0 Å². The Morgan fingerprint density at radius 3 is 2.72 bits per heavy atom. The first kappa shape index (κ1) is 22.4. The van der Waals surface area contributed by atoms with Crippen LogP contribution < -0.4 is 15.1 Å². The highest BCUT2D eigenvalue weighted by molar-refractivity contribution is 5.76. The van der Waals surface area contributed by atoms with E-state index in [9.17, 15) is 4.79 Å². The topological polar surface area (TPSA) is 64.6 Å². The number of carbonyl (C=O) groups is 1. The lowest BCUT2D eigenvalue weighted by Gasteiger charge is -2.37. The lowest BCUT2D eigenvalue weighted by molar-refractivity contribution is -0.131. The number of carbonyl (C=O) groups excluding carboxylic acids is 1. The molecule has 0 aliphatic carbocycles. The maximum Gasteiger partial charge on any atom is 0.222 e. The molecule has 1 amide bonds. The molecule has 0 saturated carbocycles. The molecule has 4 rings (SSSR count). The van der Waals surface area contributed by atoms with Crippen LogP contribution in [0.15, 0.2) is 36.7 Å². The van der Waals surface area contributed by atoms with Gasteiger partial charge in [0.05, 0.1) is 0 Å². The molecular formula is C25H36N6O. The molecule has 0 spiro atoms. The van der Waals surface area contributed by atoms with Gasteiger partial charge in [-0.25, -0.2) is 9.97 Å². The minimum absolute atomic E-state index is 0.308. The van der Waals surface area contributed by atoms with Crippen LogP contribution in [0, 0.1) is 12.8 Å². The van der Waals surface area contributed by atoms with Gasteiger partial charge in [-0.15, -0.1) is 0 Å². The quantitative estimate of drug-likeness (QED) is 0.716. The third kappa shape index (κ3) is 5.69. The molecule has 2 aliphatic rings. The lowest BCUT2D eigenvalue weighted by atomic mass is 9.93. The number of benzene rings is 1. The highest BCUT2D eigenvalue weighted by Gasteiger charge is 2.25. The van der Waals surface area contributed by atoms with E-state index in [2.05, 4.69) is 68.1 Å². The van der Waals surface area contributed by atoms with Gasteiger partial charge in [0.1, 0.15) is 18.0 Å². The van der Waals surface area contributed by atoms with Gasteiger partial charge in [-0.3, -0.25) is 4.79 Å². The van der Waals surface area contributed by atoms with Crippen molar-refractivity contribution in [3.63, 3.8) is 0 Å². The molecule has 2 aliphatic heterocycles. The summed E-state index contributed by atoms with van der Waals surface area (Å²) in [4.78, 5) is 28.4. The molecule has 7 heteroatoms. The molecule has 1 atom stereocenters. The summed E-state index contributed by atoms with van der Waals surface area (Å²) in [6, 6.07) is 10.7. The zero-order chi connectivity index (χ0) is 22.3. The average Bonchev–Trinajstić information content (AvgIpc) is 2.83. The predicted octanol–water partition coefficient (Wildman–Crippen LogP) is 3.56. The van der Waals surface area contributed by atoms with Crippen molar-refractivity contribution in [3.8, 4) is 0 Å². The molecule has 172 valence electrons. The number of anilines is 3. The highest BCUT2D eigenvalue weighted by Crippen LogP contribution is 2.26. The van der Waals surface area contributed by atoms with E-state index in [4.69, 9.17) is 0 Å². The maximum absolute atomic E-state index is 12.9. The number of amides is 1. The Hall–Kier alpha value is -2.83. The first-order valence-corrected chi connectivity index (χ1v) is 12.0. The van der Waals surface area contributed by atoms with Gasteiger partial charge in [0.25, 0.3) is 0 Å². The van der Waals surface area contributed by atoms with E-state index in [1.54, 1.807) is 6.33 Å². The van der Waals surface area contributed by atoms with Gasteiger partial charge < -0.3 is 20.0 Å². The fourth-order valence-electron chi connectivity index (χ4n) is 4.83. The summed E-state index contributed by atoms with van der Waals surface area (Å²) in [5.74, 6) is 2.71. The Morgan fingerprint density at radius 2 is 1.94 bits per heavy atom. The molecule has 2 fully saturated rings. The second kappa shape index (κ2) is 10.7. The molecule has 1 aromatic heterocycles. The normalized spacial score (nSPS) is 19.2. The van der Waals surface area contributed by atoms with Gasteiger partial charge in [0.2, 0.25) is 5.91 Å². The van der Waals surface area contributed by atoms with E-state index in [0.29, 0.717) is 18.2 Å². The Kier molecular flexibility index (Phi) is 7.45. The molecule has 0 radical (unpaired) electrons. The molecular weight excluding hydrogens is 400 g/mol. The summed E-state index contributed by atoms with van der Waals surface area (Å²) in [6.45, 7) is 10.5. The second-order valence-corrected chi connectivity index (χ2v) is 8.99. The van der Waals surface area contributed by atoms with Gasteiger partial charge in [-0.1, -0.05) is 12.1 Å². The van der Waals surface area contributed by atoms with E-state index in [0.717, 1.165) is 70.3 Å². The molecule has 7 nitrogen and oxygen atoms in total. The van der Waals surface area contributed by atoms with Crippen LogP contribution in [0.25, 0.3) is 0 Å². The molecule has 32 heavy (non-hydrogen) atoms. The summed E-state index contributed by atoms with van der Waals surface area (Å²) in [7, 11) is 0. The number of piperidine rings is 1. The average molecular weight is 437 g/mol. The fourth-order valence-corrected chi connectivity index (χ4v) is 4.83. The first-order chi connectivity index (χ1) is 15.6. The Labute approximate surface area is 191 Å². The van der Waals surface area contributed by atoms with Crippen molar-refractivity contribution in [2.75, 3.05) is 60.9 Å². The van der Waals surface area contributed by atoms with Gasteiger partial charge in [0.15, 0.2) is 0 Å². The minimum Gasteiger partial charge on any atom is -0.370 e. The number of hydrogen-bond acceptors (Lipinski definition) is 6. The Morgan fingerprint density at radius 1 is 1.09 bits per heavy atom. The summed E-state index contributed by atoms with van der Waals surface area (Å²) in [5, 5.41) is 3.26. The minimum atomic E-state index is 0.308. The van der Waals surface area contributed by atoms with Gasteiger partial charge in [0, 0.05) is 64.0 Å². The lowest BCUT2D eigenvalue weighted by Crippen LogP contribution is -2.49. The highest BCUT2D eigenvalue weighted by atomic mass is 16.2. The number of aromatic nitrogens is 2. The monoisotopic (exact) mass is 436 g/mol. The van der Waals surface area contributed by atoms with Crippen molar-refractivity contribution in [1.29, 1.82) is 0 Å². The molecule has 2 aromatic rings. The van der Waals surface area contributed by atoms with Gasteiger partial charge in [-0.05, 0) is 56.7 Å². The van der Waals surface area contributed by atoms with Crippen LogP contribution in [0.1, 0.15) is 38.2 Å². The number of nitrogens with zero attached hydrogens (tertiary/aromatic N) is 5. The second-order valence-electron chi connectivity index (χ2n) is 8.99. The van der Waals surface area contributed by atoms with E-state index in [1.807, 2.05) is 6.07 Å². The Bertz CT molecular complexity index is 896. The SMILES string of the molecule is CCNc1cc(N2CCC[C@H](CCC(=O)N3CCN(c4cccc(C)c4)CC3)C2)ncn1. The number of nitrogens with one attached hydrogen (secondary N) is 1. The van der Waals surface area contributed by atoms with Gasteiger partial charge in [-0.2, -0.15) is 0 Å². The molecule has 3 heterocycles. The summed E-state index contributed by atoms with van der Waals surface area (Å²) in [5.41, 5.74) is 2.55. The number of aryl methyl sites for hydroxylation is 1. The number of rotatable bonds is 7. The molecule has 0 bridgehead atoms. The van der Waals surface area contributed by atoms with Crippen molar-refractivity contribution in [1.82, 2.24) is 14.9 Å². The van der Waals surface area contributed by atoms with E-state index >= 15 is 0 Å². The zero-order valence-corrected chi connectivity index (χ0v) is 19.5. The van der Waals surface area contributed by atoms with Crippen LogP contribution in [0.2, 0.25) is 0 Å². The summed E-state index contributed by atoms with van der Waals surface area (Å²) < 4.78 is 0. The molecule has 2 saturated heterocycles. The smallest absolute Gasteiger partial charge is 0.222 e. The molecule has 1 aromatic carbocycles. The third-order valence-corrected chi connectivity index (χ3v) is 6.62. The number of hydrogen-bond donors (Lipinski definition) is 1. The van der Waals surface area contributed by atoms with Crippen LogP contribution in [-0.4, -0.2) is 66.6 Å². The van der Waals surface area contributed by atoms with Gasteiger partial charge >= 0.3 is 0 Å². The van der Waals surface area contributed by atoms with Crippen molar-refractivity contribution in [2.45, 2.75) is 39.5 Å². The van der Waals surface area contributed by atoms with Crippen LogP contribution in [0.3, 0.4) is 0 Å². The van der Waals surface area contributed by atoms with Crippen LogP contribution in [-0.2, 0) is 4.79 Å². The van der Waals surface area contributed by atoms with Crippen LogP contribution in [0.4, 0.5) is 17.3 Å². The van der Waals surface area contributed by atoms with E-state index < -0.39 is 0 Å². The number of piperazine rings is 1. The predicted molar refractivity (Wildman–Crippen MR) is 130 cm³/mol.